The maximum absolute atomic E-state index is 13.0. The summed E-state index contributed by atoms with van der Waals surface area (Å²) in [7, 11) is 1.31. The van der Waals surface area contributed by atoms with Crippen molar-refractivity contribution < 1.29 is 28.9 Å². The van der Waals surface area contributed by atoms with Crippen LogP contribution in [0.1, 0.15) is 70.6 Å². The first kappa shape index (κ1) is 27.8. The first-order chi connectivity index (χ1) is 18.7. The molecular formula is C32H41NO6. The van der Waals surface area contributed by atoms with Gasteiger partial charge in [0.05, 0.1) is 13.7 Å². The van der Waals surface area contributed by atoms with Gasteiger partial charge in [0.25, 0.3) is 6.47 Å². The summed E-state index contributed by atoms with van der Waals surface area (Å²) in [6.45, 7) is 8.88. The lowest BCUT2D eigenvalue weighted by Gasteiger charge is -2.57. The minimum Gasteiger partial charge on any atom is -0.471 e. The fraction of sp³-hybridized carbons (Fsp3) is 0.562. The van der Waals surface area contributed by atoms with Crippen LogP contribution in [-0.4, -0.2) is 53.6 Å². The fourth-order valence-corrected chi connectivity index (χ4v) is 8.09. The van der Waals surface area contributed by atoms with E-state index in [1.54, 1.807) is 12.2 Å². The van der Waals surface area contributed by atoms with Crippen LogP contribution in [0.5, 0.6) is 0 Å². The van der Waals surface area contributed by atoms with Crippen molar-refractivity contribution in [3.8, 4) is 0 Å². The van der Waals surface area contributed by atoms with Crippen molar-refractivity contribution in [3.63, 3.8) is 0 Å². The quantitative estimate of drug-likeness (QED) is 0.396. The van der Waals surface area contributed by atoms with Gasteiger partial charge in [0.2, 0.25) is 0 Å². The fourth-order valence-electron chi connectivity index (χ4n) is 8.09. The number of ether oxygens (including phenoxy) is 3. The van der Waals surface area contributed by atoms with Crippen LogP contribution in [0.4, 0.5) is 0 Å². The highest BCUT2D eigenvalue weighted by atomic mass is 16.8. The van der Waals surface area contributed by atoms with Crippen molar-refractivity contribution in [2.45, 2.75) is 83.2 Å². The van der Waals surface area contributed by atoms with Gasteiger partial charge in [0.1, 0.15) is 5.60 Å². The molecule has 7 nitrogen and oxygen atoms in total. The van der Waals surface area contributed by atoms with Gasteiger partial charge in [0, 0.05) is 28.9 Å². The number of carbonyl (C=O) groups is 2. The zero-order valence-corrected chi connectivity index (χ0v) is 23.7. The van der Waals surface area contributed by atoms with Crippen LogP contribution in [-0.2, 0) is 30.2 Å². The molecule has 6 atom stereocenters. The Kier molecular flexibility index (Phi) is 7.38. The average Bonchev–Trinajstić information content (AvgIpc) is 3.53. The number of fused-ring (bicyclic) bond motifs is 9. The topological polar surface area (TPSA) is 97.8 Å². The summed E-state index contributed by atoms with van der Waals surface area (Å²) in [5, 5.41) is 9.38. The van der Waals surface area contributed by atoms with E-state index < -0.39 is 17.5 Å². The molecule has 3 heterocycles. The highest BCUT2D eigenvalue weighted by molar-refractivity contribution is 5.97. The molecule has 2 aromatic rings. The monoisotopic (exact) mass is 535 g/mol. The minimum atomic E-state index is -0.680. The molecule has 2 aliphatic heterocycles. The Balaban J connectivity index is 0.000000301. The Labute approximate surface area is 230 Å². The van der Waals surface area contributed by atoms with Gasteiger partial charge in [-0.05, 0) is 87.0 Å². The molecule has 2 saturated carbocycles. The van der Waals surface area contributed by atoms with Crippen LogP contribution < -0.4 is 0 Å². The molecule has 1 saturated heterocycles. The molecule has 5 aliphatic rings. The Morgan fingerprint density at radius 3 is 2.59 bits per heavy atom. The molecule has 210 valence electrons. The molecular weight excluding hydrogens is 494 g/mol. The normalized spacial score (nSPS) is 34.9. The van der Waals surface area contributed by atoms with Crippen molar-refractivity contribution in [3.05, 3.63) is 59.3 Å². The number of aliphatic hydroxyl groups is 1. The van der Waals surface area contributed by atoms with Crippen LogP contribution in [0.15, 0.2) is 48.1 Å². The van der Waals surface area contributed by atoms with E-state index in [1.165, 1.54) is 42.1 Å². The second-order valence-corrected chi connectivity index (χ2v) is 12.2. The molecule has 3 fully saturated rings. The maximum atomic E-state index is 13.0. The van der Waals surface area contributed by atoms with Crippen molar-refractivity contribution in [1.82, 2.24) is 4.98 Å². The van der Waals surface area contributed by atoms with Crippen molar-refractivity contribution >= 4 is 23.2 Å². The number of allylic oxidation sites excluding steroid dienone is 1. The third-order valence-electron chi connectivity index (χ3n) is 9.60. The summed E-state index contributed by atoms with van der Waals surface area (Å²) >= 11 is 0. The molecule has 1 aromatic carbocycles. The number of methoxy groups -OCH3 is 1. The van der Waals surface area contributed by atoms with E-state index in [2.05, 4.69) is 40.9 Å². The lowest BCUT2D eigenvalue weighted by Crippen LogP contribution is -2.54. The standard InChI is InChI=1S/C26H29NO3.C4H8O.C2H4O2/c1-24(2)23-20(28)13-18-17-9-8-14-12-16-15-6-4-5-7-19(15)27-22(16)21(14)25(17,3)10-11-26(18,29-23)30-24;1-2-3-4-5;1-4-2-3/h4-7,13-14,17,21,23,27H,8-12H2,1-3H3;2-3,5H,4H2,1H3;2H,1H3/b;3-2+;. The summed E-state index contributed by atoms with van der Waals surface area (Å²) in [6, 6.07) is 8.74. The predicted molar refractivity (Wildman–Crippen MR) is 149 cm³/mol. The second-order valence-electron chi connectivity index (χ2n) is 12.2. The van der Waals surface area contributed by atoms with E-state index in [0.717, 1.165) is 24.8 Å². The molecule has 1 aromatic heterocycles. The molecule has 2 N–H and O–H groups in total. The van der Waals surface area contributed by atoms with Gasteiger partial charge >= 0.3 is 0 Å². The van der Waals surface area contributed by atoms with Crippen molar-refractivity contribution in [1.29, 1.82) is 0 Å². The van der Waals surface area contributed by atoms with Crippen molar-refractivity contribution in [2.24, 2.45) is 17.3 Å². The number of benzene rings is 1. The zero-order valence-electron chi connectivity index (χ0n) is 23.7. The summed E-state index contributed by atoms with van der Waals surface area (Å²) in [5.41, 5.74) is 4.95. The van der Waals surface area contributed by atoms with E-state index in [9.17, 15) is 4.79 Å². The van der Waals surface area contributed by atoms with Crippen LogP contribution in [0.25, 0.3) is 10.9 Å². The van der Waals surface area contributed by atoms with E-state index in [4.69, 9.17) is 19.4 Å². The molecule has 0 radical (unpaired) electrons. The van der Waals surface area contributed by atoms with Crippen LogP contribution >= 0.6 is 0 Å². The predicted octanol–water partition coefficient (Wildman–Crippen LogP) is 5.38. The van der Waals surface area contributed by atoms with Gasteiger partial charge < -0.3 is 24.3 Å². The van der Waals surface area contributed by atoms with Crippen LogP contribution in [0.3, 0.4) is 0 Å². The number of carbonyl (C=O) groups excluding carboxylic acids is 2. The number of ketones is 1. The first-order valence-corrected chi connectivity index (χ1v) is 14.1. The number of aromatic nitrogens is 1. The van der Waals surface area contributed by atoms with E-state index >= 15 is 0 Å². The zero-order chi connectivity index (χ0) is 28.0. The number of para-hydroxylation sites is 1. The molecule has 2 bridgehead atoms. The number of rotatable bonds is 2. The molecule has 39 heavy (non-hydrogen) atoms. The van der Waals surface area contributed by atoms with E-state index in [1.807, 2.05) is 26.8 Å². The first-order valence-electron chi connectivity index (χ1n) is 14.1. The lowest BCUT2D eigenvalue weighted by atomic mass is 9.50. The molecule has 3 aliphatic carbocycles. The van der Waals surface area contributed by atoms with Gasteiger partial charge in [-0.25, -0.2) is 0 Å². The number of hydrogen-bond acceptors (Lipinski definition) is 6. The maximum Gasteiger partial charge on any atom is 0.292 e. The minimum absolute atomic E-state index is 0.0900. The summed E-state index contributed by atoms with van der Waals surface area (Å²) in [6.07, 6.45) is 10.4. The van der Waals surface area contributed by atoms with Gasteiger partial charge in [-0.1, -0.05) is 37.3 Å². The molecule has 1 spiro atoms. The van der Waals surface area contributed by atoms with Crippen molar-refractivity contribution in [2.75, 3.05) is 13.7 Å². The van der Waals surface area contributed by atoms with Gasteiger partial charge in [-0.3, -0.25) is 9.59 Å². The molecule has 6 unspecified atom stereocenters. The highest BCUT2D eigenvalue weighted by Crippen LogP contribution is 2.68. The average molecular weight is 536 g/mol. The van der Waals surface area contributed by atoms with Crippen LogP contribution in [0, 0.1) is 17.3 Å². The van der Waals surface area contributed by atoms with Gasteiger partial charge in [-0.2, -0.15) is 0 Å². The van der Waals surface area contributed by atoms with Crippen LogP contribution in [0.2, 0.25) is 0 Å². The summed E-state index contributed by atoms with van der Waals surface area (Å²) in [4.78, 5) is 25.7. The van der Waals surface area contributed by atoms with Gasteiger partial charge in [0.15, 0.2) is 17.7 Å². The largest absolute Gasteiger partial charge is 0.471 e. The SMILES string of the molecule is C/C=C/CO.CC1(C)OC23CCC4(C)C(CCC5Cc6c([nH]c7ccccc67)C54)C2=CC(=O)C1O3.COC=O. The molecule has 7 rings (SSSR count). The number of aromatic amines is 1. The number of nitrogens with one attached hydrogen (secondary N) is 1. The Morgan fingerprint density at radius 2 is 1.92 bits per heavy atom. The number of hydrogen-bond donors (Lipinski definition) is 2. The molecule has 0 amide bonds. The summed E-state index contributed by atoms with van der Waals surface area (Å²) < 4.78 is 16.8. The summed E-state index contributed by atoms with van der Waals surface area (Å²) in [5.74, 6) is 0.955. The van der Waals surface area contributed by atoms with Gasteiger partial charge in [-0.15, -0.1) is 0 Å². The Morgan fingerprint density at radius 1 is 1.18 bits per heavy atom. The number of H-pyrrole nitrogens is 1. The number of aliphatic hydroxyl groups excluding tert-OH is 1. The molecule has 7 heteroatoms. The lowest BCUT2D eigenvalue weighted by molar-refractivity contribution is -0.199. The Bertz CT molecular complexity index is 1310. The third-order valence-corrected chi connectivity index (χ3v) is 9.60. The van der Waals surface area contributed by atoms with E-state index in [-0.39, 0.29) is 17.8 Å². The smallest absolute Gasteiger partial charge is 0.292 e. The Hall–Kier alpha value is -2.74. The second kappa shape index (κ2) is 10.3. The highest BCUT2D eigenvalue weighted by Gasteiger charge is 2.66. The van der Waals surface area contributed by atoms with E-state index in [0.29, 0.717) is 24.2 Å². The third kappa shape index (κ3) is 4.39.